The summed E-state index contributed by atoms with van der Waals surface area (Å²) in [6, 6.07) is 16.9. The van der Waals surface area contributed by atoms with Crippen molar-refractivity contribution in [1.82, 2.24) is 0 Å². The summed E-state index contributed by atoms with van der Waals surface area (Å²) in [5, 5.41) is 1.57. The van der Waals surface area contributed by atoms with Gasteiger partial charge in [-0.2, -0.15) is 0 Å². The highest BCUT2D eigenvalue weighted by Crippen LogP contribution is 2.47. The van der Waals surface area contributed by atoms with Gasteiger partial charge >= 0.3 is 34.2 Å². The number of aryl methyl sites for hydroxylation is 1. The van der Waals surface area contributed by atoms with Crippen LogP contribution in [0.5, 0.6) is 0 Å². The monoisotopic (exact) mass is 948 g/mol. The van der Waals surface area contributed by atoms with E-state index in [1.165, 1.54) is 94.7 Å². The topological polar surface area (TPSA) is 83.7 Å². The molecule has 0 spiro atoms. The summed E-state index contributed by atoms with van der Waals surface area (Å²) in [6.45, 7) is 26.8. The Morgan fingerprint density at radius 1 is 0.483 bits per heavy atom. The minimum absolute atomic E-state index is 0.498. The predicted octanol–water partition coefficient (Wildman–Crippen LogP) is 11.6. The third-order valence-corrected chi connectivity index (χ3v) is 46.3. The summed E-state index contributed by atoms with van der Waals surface area (Å²) in [5.74, 6) is 2.10. The highest BCUT2D eigenvalue weighted by molar-refractivity contribution is 6.95. The highest BCUT2D eigenvalue weighted by Gasteiger charge is 2.58. The van der Waals surface area contributed by atoms with Crippen LogP contribution in [0.2, 0.25) is 108 Å². The summed E-state index contributed by atoms with van der Waals surface area (Å²) in [7, 11) is -16.4. The van der Waals surface area contributed by atoms with Crippen LogP contribution in [0, 0.1) is 24.7 Å². The number of hydrogen-bond acceptors (Lipinski definition) is 8. The molecule has 11 atom stereocenters. The molecule has 60 heavy (non-hydrogen) atoms. The van der Waals surface area contributed by atoms with Crippen molar-refractivity contribution in [3.63, 3.8) is 0 Å². The predicted molar refractivity (Wildman–Crippen MR) is 261 cm³/mol. The molecule has 0 amide bonds. The fraction of sp³-hybridized carbons (Fsp3) is 0.867. The van der Waals surface area contributed by atoms with Gasteiger partial charge in [-0.1, -0.05) is 54.2 Å². The first-order valence-corrected chi connectivity index (χ1v) is 44.2. The number of rotatable bonds is 18. The number of ether oxygens (including phenoxy) is 3. The van der Waals surface area contributed by atoms with E-state index in [0.717, 1.165) is 30.2 Å². The van der Waals surface area contributed by atoms with Crippen molar-refractivity contribution in [3.8, 4) is 0 Å². The standard InChI is InChI=1S/C45H84O8Si7/c1-35-12-17-39(18-13-35)54(2,3)28-29-55(4,5)49-56(6,7)30-31-60(11)52-58(9,26-23-37-15-20-41-44(33-37)47-41)50-57(8,25-22-36-14-19-40-43(32-36)46-40)51-59(10,53-60)27-24-38-16-21-42-45(34-38)48-42/h12-13,17-18,36-38,40-45H,14-16,19-34H2,1-11H3. The molecule has 0 aromatic heterocycles. The molecular formula is C45H84O8Si7. The molecule has 0 N–H and O–H groups in total. The van der Waals surface area contributed by atoms with E-state index in [2.05, 4.69) is 96.7 Å². The van der Waals surface area contributed by atoms with E-state index in [4.69, 9.17) is 34.8 Å². The normalized spacial score (nSPS) is 41.7. The van der Waals surface area contributed by atoms with Gasteiger partial charge in [0.2, 0.25) is 0 Å². The number of benzene rings is 1. The quantitative estimate of drug-likeness (QED) is 0.106. The Morgan fingerprint density at radius 2 is 0.850 bits per heavy atom. The van der Waals surface area contributed by atoms with Gasteiger partial charge in [0.05, 0.1) is 44.7 Å². The zero-order valence-corrected chi connectivity index (χ0v) is 46.7. The molecule has 8 rings (SSSR count). The fourth-order valence-electron chi connectivity index (χ4n) is 12.1. The van der Waals surface area contributed by atoms with Gasteiger partial charge in [-0.25, -0.2) is 0 Å². The third kappa shape index (κ3) is 12.6. The Kier molecular flexibility index (Phi) is 14.0. The molecule has 7 fully saturated rings. The van der Waals surface area contributed by atoms with Gasteiger partial charge in [-0.15, -0.1) is 0 Å². The summed E-state index contributed by atoms with van der Waals surface area (Å²) in [4.78, 5) is 0. The highest BCUT2D eigenvalue weighted by atomic mass is 28.5. The summed E-state index contributed by atoms with van der Waals surface area (Å²) < 4.78 is 56.6. The van der Waals surface area contributed by atoms with E-state index in [0.29, 0.717) is 54.4 Å². The molecule has 0 bridgehead atoms. The van der Waals surface area contributed by atoms with E-state index in [1.807, 2.05) is 0 Å². The maximum absolute atomic E-state index is 7.83. The van der Waals surface area contributed by atoms with Crippen molar-refractivity contribution in [2.75, 3.05) is 0 Å². The molecule has 340 valence electrons. The Hall–Kier alpha value is 0.418. The smallest absolute Gasteiger partial charge is 0.317 e. The van der Waals surface area contributed by atoms with Crippen molar-refractivity contribution < 1.29 is 34.8 Å². The molecular weight excluding hydrogens is 865 g/mol. The Bertz CT molecular complexity index is 1580. The lowest BCUT2D eigenvalue weighted by Crippen LogP contribution is -2.67. The molecule has 4 heterocycles. The maximum atomic E-state index is 7.83. The second-order valence-corrected chi connectivity index (χ2v) is 51.6. The van der Waals surface area contributed by atoms with Crippen LogP contribution in [0.3, 0.4) is 0 Å². The molecule has 8 nitrogen and oxygen atoms in total. The fourth-order valence-corrected chi connectivity index (χ4v) is 52.2. The average molecular weight is 950 g/mol. The lowest BCUT2D eigenvalue weighted by atomic mass is 9.88. The SMILES string of the molecule is Cc1ccc([Si](C)(C)CC[Si](C)(C)O[Si](C)(C)CC[Si]2(C)O[Si](C)(CCC3CCC4OC4C3)O[Si](C)(CCC3CCC4OC4C3)O[Si](C)(CCC3CCC4OC4C3)O2)cc1. The van der Waals surface area contributed by atoms with Crippen LogP contribution >= 0.6 is 0 Å². The van der Waals surface area contributed by atoms with E-state index in [-0.39, 0.29) is 0 Å². The van der Waals surface area contributed by atoms with E-state index >= 15 is 0 Å². The van der Waals surface area contributed by atoms with Gasteiger partial charge in [0.1, 0.15) is 0 Å². The molecule has 4 saturated heterocycles. The van der Waals surface area contributed by atoms with Gasteiger partial charge in [-0.3, -0.25) is 0 Å². The third-order valence-electron chi connectivity index (χ3n) is 16.0. The summed E-state index contributed by atoms with van der Waals surface area (Å²) >= 11 is 0. The maximum Gasteiger partial charge on any atom is 0.317 e. The van der Waals surface area contributed by atoms with Crippen molar-refractivity contribution in [2.24, 2.45) is 17.8 Å². The average Bonchev–Trinajstić information content (AvgIpc) is 4.05. The van der Waals surface area contributed by atoms with Crippen molar-refractivity contribution in [3.05, 3.63) is 29.8 Å². The molecule has 3 aliphatic carbocycles. The van der Waals surface area contributed by atoms with Crippen LogP contribution in [-0.4, -0.2) is 95.6 Å². The molecule has 0 radical (unpaired) electrons. The van der Waals surface area contributed by atoms with Gasteiger partial charge in [0.15, 0.2) is 16.6 Å². The molecule has 7 aliphatic rings. The lowest BCUT2D eigenvalue weighted by molar-refractivity contribution is 0.214. The minimum atomic E-state index is -2.77. The van der Waals surface area contributed by atoms with Gasteiger partial charge in [0.25, 0.3) is 0 Å². The van der Waals surface area contributed by atoms with E-state index in [1.54, 1.807) is 5.19 Å². The zero-order chi connectivity index (χ0) is 42.8. The van der Waals surface area contributed by atoms with Crippen molar-refractivity contribution >= 4 is 64.1 Å². The van der Waals surface area contributed by atoms with Crippen molar-refractivity contribution in [1.29, 1.82) is 0 Å². The number of hydrogen-bond donors (Lipinski definition) is 0. The van der Waals surface area contributed by atoms with Crippen LogP contribution in [0.1, 0.15) is 82.6 Å². The van der Waals surface area contributed by atoms with Gasteiger partial charge < -0.3 is 34.8 Å². The van der Waals surface area contributed by atoms with Gasteiger partial charge in [0, 0.05) is 0 Å². The zero-order valence-electron chi connectivity index (χ0n) is 39.7. The number of epoxide rings is 3. The summed E-state index contributed by atoms with van der Waals surface area (Å²) in [6.07, 6.45) is 17.7. The first kappa shape index (κ1) is 46.9. The second-order valence-electron chi connectivity index (χ2n) is 23.6. The first-order chi connectivity index (χ1) is 28.1. The van der Waals surface area contributed by atoms with Crippen LogP contribution < -0.4 is 5.19 Å². The molecule has 1 aromatic rings. The van der Waals surface area contributed by atoms with Crippen molar-refractivity contribution in [2.45, 2.75) is 228 Å². The molecule has 3 saturated carbocycles. The summed E-state index contributed by atoms with van der Waals surface area (Å²) in [5.41, 5.74) is 1.34. The molecule has 4 aliphatic heterocycles. The van der Waals surface area contributed by atoms with E-state index in [9.17, 15) is 0 Å². The Morgan fingerprint density at radius 3 is 1.23 bits per heavy atom. The first-order valence-electron chi connectivity index (χ1n) is 24.6. The Balaban J connectivity index is 0.985. The molecule has 1 aromatic carbocycles. The van der Waals surface area contributed by atoms with Crippen LogP contribution in [0.15, 0.2) is 24.3 Å². The van der Waals surface area contributed by atoms with Crippen LogP contribution in [0.25, 0.3) is 0 Å². The van der Waals surface area contributed by atoms with E-state index < -0.39 is 59.0 Å². The largest absolute Gasteiger partial charge is 0.456 e. The Labute approximate surface area is 372 Å². The van der Waals surface area contributed by atoms with Crippen LogP contribution in [0.4, 0.5) is 0 Å². The second kappa shape index (κ2) is 17.9. The molecule has 15 heteroatoms. The van der Waals surface area contributed by atoms with Gasteiger partial charge in [-0.05, 0) is 190 Å². The minimum Gasteiger partial charge on any atom is -0.456 e. The molecule has 11 unspecified atom stereocenters. The number of fused-ring (bicyclic) bond motifs is 3. The lowest BCUT2D eigenvalue weighted by Gasteiger charge is -2.51. The van der Waals surface area contributed by atoms with Crippen LogP contribution in [-0.2, 0) is 34.8 Å².